The van der Waals surface area contributed by atoms with Gasteiger partial charge in [-0.25, -0.2) is 0 Å². The van der Waals surface area contributed by atoms with Gasteiger partial charge >= 0.3 is 0 Å². The van der Waals surface area contributed by atoms with Crippen molar-refractivity contribution in [1.29, 1.82) is 0 Å². The first-order chi connectivity index (χ1) is 10.5. The lowest BCUT2D eigenvalue weighted by molar-refractivity contribution is 0.0953. The normalized spacial score (nSPS) is 11.0. The summed E-state index contributed by atoms with van der Waals surface area (Å²) in [7, 11) is 0. The molecule has 130 valence electrons. The van der Waals surface area contributed by atoms with Crippen LogP contribution in [-0.4, -0.2) is 31.5 Å². The smallest absolute Gasteiger partial charge is 0.251 e. The highest BCUT2D eigenvalue weighted by Crippen LogP contribution is 2.11. The standard InChI is InChI=1S/C16H25BrN4O.HI/c1-12(2)7-10-21-16(18)20-9-4-8-19-15(22)13-5-3-6-14(17)11-13;/h3,5-6,11-12H,4,7-10H2,1-2H3,(H,19,22)(H3,18,20,21);1H. The fourth-order valence-corrected chi connectivity index (χ4v) is 2.16. The van der Waals surface area contributed by atoms with Crippen molar-refractivity contribution < 1.29 is 4.79 Å². The Hall–Kier alpha value is -0.830. The number of carbonyl (C=O) groups excluding carboxylic acids is 1. The van der Waals surface area contributed by atoms with E-state index < -0.39 is 0 Å². The fourth-order valence-electron chi connectivity index (χ4n) is 1.76. The molecule has 1 rings (SSSR count). The van der Waals surface area contributed by atoms with Gasteiger partial charge < -0.3 is 16.4 Å². The van der Waals surface area contributed by atoms with Crippen molar-refractivity contribution in [3.8, 4) is 0 Å². The van der Waals surface area contributed by atoms with Gasteiger partial charge in [-0.15, -0.1) is 24.0 Å². The van der Waals surface area contributed by atoms with Crippen molar-refractivity contribution in [2.45, 2.75) is 26.7 Å². The molecule has 7 heteroatoms. The van der Waals surface area contributed by atoms with E-state index in [1.165, 1.54) is 0 Å². The van der Waals surface area contributed by atoms with Crippen LogP contribution in [0.1, 0.15) is 37.0 Å². The Morgan fingerprint density at radius 2 is 2.04 bits per heavy atom. The van der Waals surface area contributed by atoms with E-state index in [0.29, 0.717) is 30.5 Å². The molecule has 0 aliphatic carbocycles. The molecular weight excluding hydrogens is 471 g/mol. The van der Waals surface area contributed by atoms with Crippen LogP contribution in [0.4, 0.5) is 0 Å². The SMILES string of the molecule is CC(C)CCNC(N)=NCCCNC(=O)c1cccc(Br)c1.I. The van der Waals surface area contributed by atoms with E-state index in [-0.39, 0.29) is 29.9 Å². The first kappa shape index (κ1) is 22.2. The summed E-state index contributed by atoms with van der Waals surface area (Å²) in [5, 5.41) is 5.95. The van der Waals surface area contributed by atoms with Crippen molar-refractivity contribution in [2.75, 3.05) is 19.6 Å². The molecule has 23 heavy (non-hydrogen) atoms. The third kappa shape index (κ3) is 10.5. The van der Waals surface area contributed by atoms with Gasteiger partial charge in [0.2, 0.25) is 0 Å². The van der Waals surface area contributed by atoms with Crippen LogP contribution in [-0.2, 0) is 0 Å². The maximum atomic E-state index is 11.9. The molecule has 1 aromatic carbocycles. The molecule has 0 fully saturated rings. The van der Waals surface area contributed by atoms with E-state index in [0.717, 1.165) is 23.9 Å². The molecule has 0 saturated carbocycles. The van der Waals surface area contributed by atoms with E-state index in [1.807, 2.05) is 12.1 Å². The van der Waals surface area contributed by atoms with E-state index >= 15 is 0 Å². The van der Waals surface area contributed by atoms with E-state index in [1.54, 1.807) is 12.1 Å². The van der Waals surface area contributed by atoms with Gasteiger partial charge in [0, 0.05) is 29.7 Å². The Morgan fingerprint density at radius 1 is 1.30 bits per heavy atom. The molecule has 4 N–H and O–H groups in total. The second-order valence-corrected chi connectivity index (χ2v) is 6.41. The van der Waals surface area contributed by atoms with Gasteiger partial charge in [-0.1, -0.05) is 35.8 Å². The first-order valence-electron chi connectivity index (χ1n) is 7.56. The molecule has 0 aromatic heterocycles. The van der Waals surface area contributed by atoms with Crippen LogP contribution in [0.2, 0.25) is 0 Å². The zero-order valence-corrected chi connectivity index (χ0v) is 17.6. The molecular formula is C16H26BrIN4O. The number of hydrogen-bond acceptors (Lipinski definition) is 2. The molecule has 5 nitrogen and oxygen atoms in total. The number of carbonyl (C=O) groups is 1. The highest BCUT2D eigenvalue weighted by Gasteiger charge is 2.04. The predicted molar refractivity (Wildman–Crippen MR) is 110 cm³/mol. The van der Waals surface area contributed by atoms with Gasteiger partial charge in [-0.3, -0.25) is 9.79 Å². The summed E-state index contributed by atoms with van der Waals surface area (Å²) >= 11 is 3.35. The number of nitrogens with two attached hydrogens (primary N) is 1. The lowest BCUT2D eigenvalue weighted by Gasteiger charge is -2.08. The maximum absolute atomic E-state index is 11.9. The number of rotatable bonds is 8. The van der Waals surface area contributed by atoms with Crippen LogP contribution < -0.4 is 16.4 Å². The van der Waals surface area contributed by atoms with Gasteiger partial charge in [0.05, 0.1) is 0 Å². The molecule has 1 aromatic rings. The van der Waals surface area contributed by atoms with Crippen molar-refractivity contribution in [1.82, 2.24) is 10.6 Å². The summed E-state index contributed by atoms with van der Waals surface area (Å²) in [4.78, 5) is 16.1. The number of guanidine groups is 1. The van der Waals surface area contributed by atoms with Crippen LogP contribution in [0, 0.1) is 5.92 Å². The van der Waals surface area contributed by atoms with Crippen LogP contribution in [0.3, 0.4) is 0 Å². The molecule has 0 heterocycles. The van der Waals surface area contributed by atoms with Gasteiger partial charge in [0.25, 0.3) is 5.91 Å². The molecule has 0 atom stereocenters. The van der Waals surface area contributed by atoms with Crippen molar-refractivity contribution in [3.05, 3.63) is 34.3 Å². The minimum Gasteiger partial charge on any atom is -0.370 e. The Balaban J connectivity index is 0.00000484. The molecule has 0 aliphatic heterocycles. The number of amides is 1. The third-order valence-corrected chi connectivity index (χ3v) is 3.51. The van der Waals surface area contributed by atoms with E-state index in [4.69, 9.17) is 5.73 Å². The van der Waals surface area contributed by atoms with Crippen LogP contribution >= 0.6 is 39.9 Å². The molecule has 0 spiro atoms. The molecule has 0 bridgehead atoms. The lowest BCUT2D eigenvalue weighted by atomic mass is 10.1. The van der Waals surface area contributed by atoms with E-state index in [9.17, 15) is 4.79 Å². The third-order valence-electron chi connectivity index (χ3n) is 3.02. The fraction of sp³-hybridized carbons (Fsp3) is 0.500. The van der Waals surface area contributed by atoms with Gasteiger partial charge in [-0.2, -0.15) is 0 Å². The number of aliphatic imine (C=N–C) groups is 1. The largest absolute Gasteiger partial charge is 0.370 e. The Kier molecular flexibility index (Phi) is 12.1. The van der Waals surface area contributed by atoms with Crippen molar-refractivity contribution >= 4 is 51.8 Å². The Labute approximate surface area is 164 Å². The molecule has 0 aliphatic rings. The summed E-state index contributed by atoms with van der Waals surface area (Å²) in [6.07, 6.45) is 1.82. The Bertz CT molecular complexity index is 509. The number of nitrogens with one attached hydrogen (secondary N) is 2. The molecule has 0 radical (unpaired) electrons. The van der Waals surface area contributed by atoms with Crippen LogP contribution in [0.15, 0.2) is 33.7 Å². The van der Waals surface area contributed by atoms with Crippen LogP contribution in [0.25, 0.3) is 0 Å². The zero-order valence-electron chi connectivity index (χ0n) is 13.6. The quantitative estimate of drug-likeness (QED) is 0.224. The first-order valence-corrected chi connectivity index (χ1v) is 8.36. The van der Waals surface area contributed by atoms with E-state index in [2.05, 4.69) is 45.4 Å². The summed E-state index contributed by atoms with van der Waals surface area (Å²) in [5.41, 5.74) is 6.40. The number of hydrogen-bond donors (Lipinski definition) is 3. The summed E-state index contributed by atoms with van der Waals surface area (Å²) in [5.74, 6) is 1.04. The minimum atomic E-state index is -0.0756. The summed E-state index contributed by atoms with van der Waals surface area (Å²) in [6, 6.07) is 7.31. The predicted octanol–water partition coefficient (Wildman–Crippen LogP) is 3.14. The second kappa shape index (κ2) is 12.6. The van der Waals surface area contributed by atoms with Gasteiger partial charge in [-0.05, 0) is 37.0 Å². The average Bonchev–Trinajstić information content (AvgIpc) is 2.46. The zero-order chi connectivity index (χ0) is 16.4. The maximum Gasteiger partial charge on any atom is 0.251 e. The van der Waals surface area contributed by atoms with Gasteiger partial charge in [0.15, 0.2) is 5.96 Å². The lowest BCUT2D eigenvalue weighted by Crippen LogP contribution is -2.33. The highest BCUT2D eigenvalue weighted by atomic mass is 127. The summed E-state index contributed by atoms with van der Waals surface area (Å²) < 4.78 is 0.894. The number of nitrogens with zero attached hydrogens (tertiary/aromatic N) is 1. The molecule has 1 amide bonds. The number of halogens is 2. The number of benzene rings is 1. The topological polar surface area (TPSA) is 79.5 Å². The summed E-state index contributed by atoms with van der Waals surface area (Å²) in [6.45, 7) is 6.35. The van der Waals surface area contributed by atoms with Crippen molar-refractivity contribution in [2.24, 2.45) is 16.6 Å². The minimum absolute atomic E-state index is 0. The second-order valence-electron chi connectivity index (χ2n) is 5.50. The monoisotopic (exact) mass is 496 g/mol. The average molecular weight is 497 g/mol. The van der Waals surface area contributed by atoms with Crippen LogP contribution in [0.5, 0.6) is 0 Å². The molecule has 0 saturated heterocycles. The van der Waals surface area contributed by atoms with Gasteiger partial charge in [0.1, 0.15) is 0 Å². The highest BCUT2D eigenvalue weighted by molar-refractivity contribution is 14.0. The van der Waals surface area contributed by atoms with Crippen molar-refractivity contribution in [3.63, 3.8) is 0 Å². The Morgan fingerprint density at radius 3 is 2.70 bits per heavy atom. The molecule has 0 unspecified atom stereocenters.